The molecule has 1 aromatic carbocycles. The van der Waals surface area contributed by atoms with E-state index in [0.29, 0.717) is 19.4 Å². The molecule has 6 nitrogen and oxygen atoms in total. The molecule has 3 N–H and O–H groups in total. The zero-order chi connectivity index (χ0) is 15.7. The van der Waals surface area contributed by atoms with E-state index >= 15 is 0 Å². The summed E-state index contributed by atoms with van der Waals surface area (Å²) in [5.74, 6) is -3.14. The van der Waals surface area contributed by atoms with E-state index in [-0.39, 0.29) is 24.7 Å². The quantitative estimate of drug-likeness (QED) is 0.503. The monoisotopic (exact) mass is 296 g/mol. The van der Waals surface area contributed by atoms with Gasteiger partial charge in [0, 0.05) is 19.5 Å². The van der Waals surface area contributed by atoms with Gasteiger partial charge >= 0.3 is 11.9 Å². The smallest absolute Gasteiger partial charge is 0.394 e. The average molecular weight is 296 g/mol. The third-order valence-electron chi connectivity index (χ3n) is 2.69. The van der Waals surface area contributed by atoms with Crippen LogP contribution in [0.25, 0.3) is 0 Å². The Hall–Kier alpha value is -2.44. The molecule has 0 aromatic heterocycles. The predicted octanol–water partition coefficient (Wildman–Crippen LogP) is 0.465. The zero-order valence-electron chi connectivity index (χ0n) is 11.4. The van der Waals surface area contributed by atoms with Gasteiger partial charge in [0.05, 0.1) is 0 Å². The number of carboxylic acids is 1. The minimum Gasteiger partial charge on any atom is -0.474 e. The number of benzene rings is 1. The molecule has 114 valence electrons. The van der Waals surface area contributed by atoms with Crippen LogP contribution in [0.2, 0.25) is 0 Å². The fourth-order valence-electron chi connectivity index (χ4n) is 1.65. The van der Waals surface area contributed by atoms with Gasteiger partial charge in [-0.3, -0.25) is 9.59 Å². The lowest BCUT2D eigenvalue weighted by Crippen LogP contribution is -2.32. The molecule has 0 unspecified atom stereocenters. The first-order chi connectivity index (χ1) is 9.99. The first kappa shape index (κ1) is 16.6. The molecule has 0 aliphatic heterocycles. The number of carbonyl (C=O) groups excluding carboxylic acids is 2. The number of halogens is 1. The van der Waals surface area contributed by atoms with Gasteiger partial charge < -0.3 is 15.7 Å². The molecule has 21 heavy (non-hydrogen) atoms. The molecule has 0 spiro atoms. The number of hydrogen-bond acceptors (Lipinski definition) is 3. The molecule has 0 fully saturated rings. The van der Waals surface area contributed by atoms with Crippen LogP contribution in [0.1, 0.15) is 18.4 Å². The molecule has 0 heterocycles. The molecule has 0 saturated heterocycles. The van der Waals surface area contributed by atoms with E-state index in [4.69, 9.17) is 5.11 Å². The fraction of sp³-hybridized carbons (Fsp3) is 0.357. The summed E-state index contributed by atoms with van der Waals surface area (Å²) in [6.45, 7) is 0.520. The SMILES string of the molecule is O=C(CCCNC(=O)C(=O)O)NCCc1cccc(F)c1. The zero-order valence-corrected chi connectivity index (χ0v) is 11.4. The molecule has 0 aliphatic rings. The van der Waals surface area contributed by atoms with Crippen molar-refractivity contribution in [1.82, 2.24) is 10.6 Å². The van der Waals surface area contributed by atoms with E-state index in [9.17, 15) is 18.8 Å². The van der Waals surface area contributed by atoms with Crippen molar-refractivity contribution in [3.8, 4) is 0 Å². The van der Waals surface area contributed by atoms with Gasteiger partial charge in [-0.25, -0.2) is 9.18 Å². The minimum atomic E-state index is -1.55. The van der Waals surface area contributed by atoms with E-state index in [1.807, 2.05) is 0 Å². The number of carboxylic acid groups (broad SMARTS) is 1. The summed E-state index contributed by atoms with van der Waals surface area (Å²) >= 11 is 0. The van der Waals surface area contributed by atoms with Gasteiger partial charge in [-0.1, -0.05) is 12.1 Å². The van der Waals surface area contributed by atoms with E-state index < -0.39 is 11.9 Å². The van der Waals surface area contributed by atoms with Crippen molar-refractivity contribution in [3.63, 3.8) is 0 Å². The van der Waals surface area contributed by atoms with Crippen molar-refractivity contribution in [2.75, 3.05) is 13.1 Å². The molecule has 1 aromatic rings. The maximum absolute atomic E-state index is 12.9. The van der Waals surface area contributed by atoms with Gasteiger partial charge in [0.15, 0.2) is 0 Å². The van der Waals surface area contributed by atoms with E-state index in [2.05, 4.69) is 10.6 Å². The standard InChI is InChI=1S/C14H17FN2O4/c15-11-4-1-3-10(9-11)6-8-16-12(18)5-2-7-17-13(19)14(20)21/h1,3-4,9H,2,5-8H2,(H,16,18)(H,17,19)(H,20,21). The number of rotatable bonds is 7. The summed E-state index contributed by atoms with van der Waals surface area (Å²) < 4.78 is 12.9. The highest BCUT2D eigenvalue weighted by molar-refractivity contribution is 6.31. The van der Waals surface area contributed by atoms with Crippen molar-refractivity contribution in [3.05, 3.63) is 35.6 Å². The highest BCUT2D eigenvalue weighted by atomic mass is 19.1. The van der Waals surface area contributed by atoms with Crippen molar-refractivity contribution >= 4 is 17.8 Å². The molecule has 7 heteroatoms. The molecule has 0 aliphatic carbocycles. The Morgan fingerprint density at radius 3 is 2.57 bits per heavy atom. The Labute approximate surface area is 121 Å². The second-order valence-electron chi connectivity index (χ2n) is 4.39. The van der Waals surface area contributed by atoms with Crippen LogP contribution in [-0.4, -0.2) is 36.0 Å². The summed E-state index contributed by atoms with van der Waals surface area (Å²) in [4.78, 5) is 32.4. The van der Waals surface area contributed by atoms with E-state index in [1.165, 1.54) is 12.1 Å². The number of amides is 2. The van der Waals surface area contributed by atoms with Crippen LogP contribution >= 0.6 is 0 Å². The van der Waals surface area contributed by atoms with Gasteiger partial charge in [-0.2, -0.15) is 0 Å². The largest absolute Gasteiger partial charge is 0.474 e. The molecule has 0 radical (unpaired) electrons. The Morgan fingerprint density at radius 1 is 1.14 bits per heavy atom. The van der Waals surface area contributed by atoms with Gasteiger partial charge in [0.1, 0.15) is 5.82 Å². The molecule has 0 saturated carbocycles. The molecule has 2 amide bonds. The lowest BCUT2D eigenvalue weighted by Gasteiger charge is -2.06. The summed E-state index contributed by atoms with van der Waals surface area (Å²) in [6.07, 6.45) is 1.06. The van der Waals surface area contributed by atoms with Gasteiger partial charge in [-0.05, 0) is 30.5 Å². The number of nitrogens with one attached hydrogen (secondary N) is 2. The van der Waals surface area contributed by atoms with Crippen molar-refractivity contribution in [2.45, 2.75) is 19.3 Å². The molecule has 1 rings (SSSR count). The Bertz CT molecular complexity index is 519. The van der Waals surface area contributed by atoms with Gasteiger partial charge in [-0.15, -0.1) is 0 Å². The van der Waals surface area contributed by atoms with Crippen LogP contribution in [0.5, 0.6) is 0 Å². The molecule has 0 bridgehead atoms. The van der Waals surface area contributed by atoms with Gasteiger partial charge in [0.25, 0.3) is 0 Å². The Balaban J connectivity index is 2.11. The number of aliphatic carboxylic acids is 1. The topological polar surface area (TPSA) is 95.5 Å². The third kappa shape index (κ3) is 7.05. The lowest BCUT2D eigenvalue weighted by atomic mass is 10.1. The van der Waals surface area contributed by atoms with Crippen LogP contribution < -0.4 is 10.6 Å². The van der Waals surface area contributed by atoms with Crippen LogP contribution in [0.4, 0.5) is 4.39 Å². The van der Waals surface area contributed by atoms with Crippen LogP contribution in [0.15, 0.2) is 24.3 Å². The molecular formula is C14H17FN2O4. The second kappa shape index (κ2) is 8.68. The number of carbonyl (C=O) groups is 3. The molecule has 0 atom stereocenters. The first-order valence-electron chi connectivity index (χ1n) is 6.51. The van der Waals surface area contributed by atoms with Crippen LogP contribution in [0.3, 0.4) is 0 Å². The second-order valence-corrected chi connectivity index (χ2v) is 4.39. The van der Waals surface area contributed by atoms with Crippen molar-refractivity contribution < 1.29 is 23.9 Å². The summed E-state index contributed by atoms with van der Waals surface area (Å²) in [7, 11) is 0. The average Bonchev–Trinajstić information content (AvgIpc) is 2.43. The van der Waals surface area contributed by atoms with E-state index in [0.717, 1.165) is 5.56 Å². The lowest BCUT2D eigenvalue weighted by molar-refractivity contribution is -0.150. The normalized spacial score (nSPS) is 9.95. The van der Waals surface area contributed by atoms with Crippen molar-refractivity contribution in [1.29, 1.82) is 0 Å². The maximum atomic E-state index is 12.9. The van der Waals surface area contributed by atoms with E-state index in [1.54, 1.807) is 12.1 Å². The summed E-state index contributed by atoms with van der Waals surface area (Å²) in [6, 6.07) is 6.15. The minimum absolute atomic E-state index is 0.127. The third-order valence-corrected chi connectivity index (χ3v) is 2.69. The highest BCUT2D eigenvalue weighted by Crippen LogP contribution is 2.03. The van der Waals surface area contributed by atoms with Gasteiger partial charge in [0.2, 0.25) is 5.91 Å². The van der Waals surface area contributed by atoms with Crippen molar-refractivity contribution in [2.24, 2.45) is 0 Å². The molecular weight excluding hydrogens is 279 g/mol. The first-order valence-corrected chi connectivity index (χ1v) is 6.51. The summed E-state index contributed by atoms with van der Waals surface area (Å²) in [5, 5.41) is 13.2. The summed E-state index contributed by atoms with van der Waals surface area (Å²) in [5.41, 5.74) is 0.795. The van der Waals surface area contributed by atoms with Crippen LogP contribution in [-0.2, 0) is 20.8 Å². The Morgan fingerprint density at radius 2 is 1.90 bits per heavy atom. The Kier molecular flexibility index (Phi) is 6.86. The van der Waals surface area contributed by atoms with Crippen LogP contribution in [0, 0.1) is 5.82 Å². The highest BCUT2D eigenvalue weighted by Gasteiger charge is 2.09. The fourth-order valence-corrected chi connectivity index (χ4v) is 1.65. The maximum Gasteiger partial charge on any atom is 0.394 e. The number of hydrogen-bond donors (Lipinski definition) is 3. The predicted molar refractivity (Wildman–Crippen MR) is 73.0 cm³/mol.